The molecule has 0 N–H and O–H groups in total. The maximum atomic E-state index is 3.83. The number of rotatable bonds is 2. The summed E-state index contributed by atoms with van der Waals surface area (Å²) in [6.45, 7) is 9.76. The van der Waals surface area contributed by atoms with Gasteiger partial charge in [0.2, 0.25) is 0 Å². The van der Waals surface area contributed by atoms with Crippen molar-refractivity contribution in [3.8, 4) is 0 Å². The highest BCUT2D eigenvalue weighted by Gasteiger charge is 2.23. The van der Waals surface area contributed by atoms with Crippen molar-refractivity contribution in [1.82, 2.24) is 0 Å². The Morgan fingerprint density at radius 3 is 2.45 bits per heavy atom. The lowest BCUT2D eigenvalue weighted by Gasteiger charge is -2.02. The molecule has 2 unspecified atom stereocenters. The highest BCUT2D eigenvalue weighted by Crippen LogP contribution is 2.36. The molecule has 60 valence electrons. The van der Waals surface area contributed by atoms with Gasteiger partial charge >= 0.3 is 0 Å². The molecule has 1 saturated carbocycles. The van der Waals surface area contributed by atoms with Crippen molar-refractivity contribution in [2.75, 3.05) is 0 Å². The van der Waals surface area contributed by atoms with Gasteiger partial charge in [0, 0.05) is 0 Å². The zero-order chi connectivity index (χ0) is 8.27. The Hall–Kier alpha value is -0.780. The van der Waals surface area contributed by atoms with Crippen LogP contribution in [0.4, 0.5) is 0 Å². The van der Waals surface area contributed by atoms with Gasteiger partial charge in [-0.15, -0.1) is 13.2 Å². The van der Waals surface area contributed by atoms with Crippen LogP contribution in [0.5, 0.6) is 0 Å². The summed E-state index contributed by atoms with van der Waals surface area (Å²) in [6.07, 6.45) is 8.74. The Morgan fingerprint density at radius 2 is 2.09 bits per heavy atom. The molecule has 0 nitrogen and oxygen atoms in total. The van der Waals surface area contributed by atoms with E-state index in [4.69, 9.17) is 0 Å². The van der Waals surface area contributed by atoms with Gasteiger partial charge in [0.05, 0.1) is 0 Å². The highest BCUT2D eigenvalue weighted by atomic mass is 14.3. The second-order valence-electron chi connectivity index (χ2n) is 3.14. The van der Waals surface area contributed by atoms with Crippen LogP contribution in [-0.4, -0.2) is 0 Å². The van der Waals surface area contributed by atoms with E-state index in [1.807, 2.05) is 0 Å². The molecule has 1 rings (SSSR count). The topological polar surface area (TPSA) is 0 Å². The lowest BCUT2D eigenvalue weighted by Crippen LogP contribution is -1.90. The average molecular weight is 148 g/mol. The van der Waals surface area contributed by atoms with Crippen molar-refractivity contribution >= 4 is 0 Å². The predicted molar refractivity (Wildman–Crippen MR) is 50.4 cm³/mol. The molecule has 0 aliphatic heterocycles. The van der Waals surface area contributed by atoms with Gasteiger partial charge in [-0.2, -0.15) is 0 Å². The van der Waals surface area contributed by atoms with Crippen molar-refractivity contribution in [2.45, 2.75) is 19.8 Å². The van der Waals surface area contributed by atoms with Crippen LogP contribution in [0.25, 0.3) is 0 Å². The fourth-order valence-corrected chi connectivity index (χ4v) is 1.77. The molecule has 11 heavy (non-hydrogen) atoms. The van der Waals surface area contributed by atoms with Crippen molar-refractivity contribution in [1.29, 1.82) is 0 Å². The Morgan fingerprint density at radius 1 is 1.36 bits per heavy atom. The first-order valence-electron chi connectivity index (χ1n) is 4.22. The van der Waals surface area contributed by atoms with E-state index in [1.54, 1.807) is 0 Å². The third-order valence-electron chi connectivity index (χ3n) is 2.52. The minimum absolute atomic E-state index is 0.614. The normalized spacial score (nSPS) is 34.1. The molecular weight excluding hydrogens is 132 g/mol. The third kappa shape index (κ3) is 1.62. The van der Waals surface area contributed by atoms with Gasteiger partial charge in [0.15, 0.2) is 0 Å². The van der Waals surface area contributed by atoms with E-state index in [1.165, 1.54) is 18.4 Å². The molecule has 0 heteroatoms. The number of hydrogen-bond donors (Lipinski definition) is 0. The molecule has 0 aromatic heterocycles. The van der Waals surface area contributed by atoms with E-state index in [2.05, 4.69) is 38.3 Å². The van der Waals surface area contributed by atoms with Crippen LogP contribution >= 0.6 is 0 Å². The summed E-state index contributed by atoms with van der Waals surface area (Å²) >= 11 is 0. The molecule has 0 radical (unpaired) electrons. The minimum Gasteiger partial charge on any atom is -0.103 e. The Kier molecular flexibility index (Phi) is 2.70. The van der Waals surface area contributed by atoms with Crippen LogP contribution in [0.15, 0.2) is 37.0 Å². The molecule has 0 spiro atoms. The summed E-state index contributed by atoms with van der Waals surface area (Å²) in [5.41, 5.74) is 1.53. The first-order valence-corrected chi connectivity index (χ1v) is 4.22. The van der Waals surface area contributed by atoms with Crippen molar-refractivity contribution in [3.05, 3.63) is 37.0 Å². The summed E-state index contributed by atoms with van der Waals surface area (Å²) in [5, 5.41) is 0. The molecule has 0 aromatic carbocycles. The molecule has 1 fully saturated rings. The Labute approximate surface area is 69.3 Å². The van der Waals surface area contributed by atoms with Gasteiger partial charge in [-0.05, 0) is 31.6 Å². The molecule has 0 aromatic rings. The average Bonchev–Trinajstić information content (AvgIpc) is 2.46. The second kappa shape index (κ2) is 3.56. The van der Waals surface area contributed by atoms with Crippen LogP contribution in [0.3, 0.4) is 0 Å². The van der Waals surface area contributed by atoms with E-state index in [9.17, 15) is 0 Å². The van der Waals surface area contributed by atoms with Gasteiger partial charge in [-0.1, -0.05) is 23.8 Å². The highest BCUT2D eigenvalue weighted by molar-refractivity contribution is 5.19. The molecule has 2 atom stereocenters. The van der Waals surface area contributed by atoms with E-state index in [0.717, 1.165) is 0 Å². The third-order valence-corrected chi connectivity index (χ3v) is 2.52. The van der Waals surface area contributed by atoms with E-state index < -0.39 is 0 Å². The Balaban J connectivity index is 2.69. The van der Waals surface area contributed by atoms with Gasteiger partial charge in [-0.25, -0.2) is 0 Å². The Bertz CT molecular complexity index is 186. The predicted octanol–water partition coefficient (Wildman–Crippen LogP) is 3.33. The summed E-state index contributed by atoms with van der Waals surface area (Å²) < 4.78 is 0. The molecule has 0 heterocycles. The SMILES string of the molecule is C=CC1C/C(=C/C)C(C=C)C1. The largest absolute Gasteiger partial charge is 0.103 e. The smallest absolute Gasteiger partial charge is 0.00201 e. The van der Waals surface area contributed by atoms with Gasteiger partial charge in [0.1, 0.15) is 0 Å². The van der Waals surface area contributed by atoms with Crippen LogP contribution in [0.1, 0.15) is 19.8 Å². The number of hydrogen-bond acceptors (Lipinski definition) is 0. The zero-order valence-electron chi connectivity index (χ0n) is 7.22. The minimum atomic E-state index is 0.614. The molecule has 1 aliphatic rings. The summed E-state index contributed by atoms with van der Waals surface area (Å²) in [7, 11) is 0. The summed E-state index contributed by atoms with van der Waals surface area (Å²) in [5.74, 6) is 1.30. The van der Waals surface area contributed by atoms with Gasteiger partial charge in [-0.3, -0.25) is 0 Å². The summed E-state index contributed by atoms with van der Waals surface area (Å²) in [4.78, 5) is 0. The molecule has 0 amide bonds. The fraction of sp³-hybridized carbons (Fsp3) is 0.455. The van der Waals surface area contributed by atoms with E-state index in [0.29, 0.717) is 11.8 Å². The van der Waals surface area contributed by atoms with Crippen molar-refractivity contribution in [3.63, 3.8) is 0 Å². The molecular formula is C11H16. The molecule has 1 aliphatic carbocycles. The first-order chi connectivity index (χ1) is 5.31. The van der Waals surface area contributed by atoms with Crippen molar-refractivity contribution < 1.29 is 0 Å². The standard InChI is InChI=1S/C11H16/c1-4-9-7-10(5-2)11(6-3)8-9/h4-6,9-10H,1-2,7-8H2,3H3/b11-6-. The van der Waals surface area contributed by atoms with Crippen molar-refractivity contribution in [2.24, 2.45) is 11.8 Å². The van der Waals surface area contributed by atoms with Gasteiger partial charge < -0.3 is 0 Å². The lowest BCUT2D eigenvalue weighted by molar-refractivity contribution is 0.648. The lowest BCUT2D eigenvalue weighted by atomic mass is 10.0. The maximum absolute atomic E-state index is 3.83. The molecule has 0 bridgehead atoms. The van der Waals surface area contributed by atoms with Crippen LogP contribution in [0, 0.1) is 11.8 Å². The molecule has 0 saturated heterocycles. The van der Waals surface area contributed by atoms with Crippen LogP contribution in [0.2, 0.25) is 0 Å². The number of allylic oxidation sites excluding steroid dienone is 4. The zero-order valence-corrected chi connectivity index (χ0v) is 7.22. The van der Waals surface area contributed by atoms with E-state index in [-0.39, 0.29) is 0 Å². The monoisotopic (exact) mass is 148 g/mol. The first kappa shape index (κ1) is 8.32. The van der Waals surface area contributed by atoms with Crippen LogP contribution < -0.4 is 0 Å². The van der Waals surface area contributed by atoms with Crippen LogP contribution in [-0.2, 0) is 0 Å². The van der Waals surface area contributed by atoms with Gasteiger partial charge in [0.25, 0.3) is 0 Å². The summed E-state index contributed by atoms with van der Waals surface area (Å²) in [6, 6.07) is 0. The quantitative estimate of drug-likeness (QED) is 0.527. The maximum Gasteiger partial charge on any atom is -0.00201 e. The second-order valence-corrected chi connectivity index (χ2v) is 3.14. The fourth-order valence-electron chi connectivity index (χ4n) is 1.77. The van der Waals surface area contributed by atoms with E-state index >= 15 is 0 Å².